The second-order valence-electron chi connectivity index (χ2n) is 5.47. The summed E-state index contributed by atoms with van der Waals surface area (Å²) in [6.45, 7) is 4.50. The molecule has 1 N–H and O–H groups in total. The van der Waals surface area contributed by atoms with Gasteiger partial charge in [-0.05, 0) is 19.4 Å². The lowest BCUT2D eigenvalue weighted by Crippen LogP contribution is -2.32. The van der Waals surface area contributed by atoms with Gasteiger partial charge in [-0.2, -0.15) is 5.10 Å². The largest absolute Gasteiger partial charge is 0.365 e. The monoisotopic (exact) mass is 302 g/mol. The van der Waals surface area contributed by atoms with Gasteiger partial charge < -0.3 is 5.32 Å². The maximum absolute atomic E-state index is 10.8. The maximum Gasteiger partial charge on any atom is 0.290 e. The molecule has 3 rings (SSSR count). The maximum atomic E-state index is 10.8. The summed E-state index contributed by atoms with van der Waals surface area (Å²) in [5, 5.41) is 18.6. The van der Waals surface area contributed by atoms with E-state index in [-0.39, 0.29) is 11.7 Å². The number of rotatable bonds is 4. The smallest absolute Gasteiger partial charge is 0.290 e. The fourth-order valence-electron chi connectivity index (χ4n) is 2.66. The third kappa shape index (κ3) is 2.76. The molecule has 116 valence electrons. The number of nitrogens with zero attached hydrogens (tertiary/aromatic N) is 5. The number of hydrogen-bond donors (Lipinski definition) is 1. The van der Waals surface area contributed by atoms with Crippen molar-refractivity contribution in [1.29, 1.82) is 0 Å². The quantitative estimate of drug-likeness (QED) is 0.684. The zero-order valence-electron chi connectivity index (χ0n) is 12.6. The Hall–Kier alpha value is -2.51. The predicted octanol–water partition coefficient (Wildman–Crippen LogP) is 1.88. The molecule has 8 nitrogen and oxygen atoms in total. The van der Waals surface area contributed by atoms with Crippen molar-refractivity contribution in [2.75, 3.05) is 5.32 Å². The van der Waals surface area contributed by atoms with E-state index in [0.717, 1.165) is 37.5 Å². The molecular formula is C14H18N6O2. The van der Waals surface area contributed by atoms with E-state index in [2.05, 4.69) is 20.4 Å². The number of anilines is 1. The summed E-state index contributed by atoms with van der Waals surface area (Å²) in [4.78, 5) is 19.0. The topological polar surface area (TPSA) is 98.8 Å². The zero-order chi connectivity index (χ0) is 15.7. The number of fused-ring (bicyclic) bond motifs is 1. The lowest BCUT2D eigenvalue weighted by molar-refractivity contribution is -0.385. The molecule has 2 aromatic heterocycles. The Morgan fingerprint density at radius 2 is 2.36 bits per heavy atom. The Bertz CT molecular complexity index is 711. The van der Waals surface area contributed by atoms with Crippen molar-refractivity contribution >= 4 is 11.5 Å². The van der Waals surface area contributed by atoms with E-state index in [1.165, 1.54) is 6.20 Å². The minimum Gasteiger partial charge on any atom is -0.365 e. The highest BCUT2D eigenvalue weighted by Crippen LogP contribution is 2.21. The standard InChI is InChI=1S/C14H18N6O2/c1-3-12-17-14-5-4-10(8-19(14)18-12)16-13-6-9(2)11(7-15-13)20(21)22/h6-7,10H,3-5,8H2,1-2H3,(H,15,16). The molecule has 0 aromatic carbocycles. The summed E-state index contributed by atoms with van der Waals surface area (Å²) < 4.78 is 1.94. The first-order valence-electron chi connectivity index (χ1n) is 7.37. The molecule has 0 saturated heterocycles. The van der Waals surface area contributed by atoms with Gasteiger partial charge in [-0.25, -0.2) is 14.6 Å². The lowest BCUT2D eigenvalue weighted by atomic mass is 10.1. The molecule has 1 atom stereocenters. The number of nitrogens with one attached hydrogen (secondary N) is 1. The highest BCUT2D eigenvalue weighted by molar-refractivity contribution is 5.47. The van der Waals surface area contributed by atoms with Crippen molar-refractivity contribution in [3.8, 4) is 0 Å². The van der Waals surface area contributed by atoms with Gasteiger partial charge in [0, 0.05) is 24.4 Å². The molecule has 8 heteroatoms. The Kier molecular flexibility index (Phi) is 3.74. The van der Waals surface area contributed by atoms with Crippen molar-refractivity contribution in [3.05, 3.63) is 39.6 Å². The summed E-state index contributed by atoms with van der Waals surface area (Å²) in [7, 11) is 0. The van der Waals surface area contributed by atoms with Crippen LogP contribution in [0.4, 0.5) is 11.5 Å². The van der Waals surface area contributed by atoms with Crippen molar-refractivity contribution in [2.45, 2.75) is 45.7 Å². The van der Waals surface area contributed by atoms with Gasteiger partial charge >= 0.3 is 0 Å². The fourth-order valence-corrected chi connectivity index (χ4v) is 2.66. The van der Waals surface area contributed by atoms with E-state index < -0.39 is 4.92 Å². The van der Waals surface area contributed by atoms with E-state index >= 15 is 0 Å². The van der Waals surface area contributed by atoms with Crippen LogP contribution in [0.3, 0.4) is 0 Å². The van der Waals surface area contributed by atoms with Gasteiger partial charge in [-0.1, -0.05) is 6.92 Å². The average Bonchev–Trinajstić information content (AvgIpc) is 2.89. The third-order valence-corrected chi connectivity index (χ3v) is 3.85. The van der Waals surface area contributed by atoms with Crippen LogP contribution >= 0.6 is 0 Å². The van der Waals surface area contributed by atoms with Gasteiger partial charge in [-0.15, -0.1) is 0 Å². The predicted molar refractivity (Wildman–Crippen MR) is 80.8 cm³/mol. The van der Waals surface area contributed by atoms with Crippen molar-refractivity contribution in [2.24, 2.45) is 0 Å². The molecule has 0 bridgehead atoms. The van der Waals surface area contributed by atoms with Gasteiger partial charge in [0.25, 0.3) is 5.69 Å². The van der Waals surface area contributed by atoms with E-state index in [9.17, 15) is 10.1 Å². The van der Waals surface area contributed by atoms with E-state index in [4.69, 9.17) is 0 Å². The lowest BCUT2D eigenvalue weighted by Gasteiger charge is -2.24. The summed E-state index contributed by atoms with van der Waals surface area (Å²) in [6.07, 6.45) is 3.95. The molecule has 0 fully saturated rings. The minimum atomic E-state index is -0.416. The number of nitro groups is 1. The summed E-state index contributed by atoms with van der Waals surface area (Å²) >= 11 is 0. The molecule has 0 spiro atoms. The number of hydrogen-bond acceptors (Lipinski definition) is 6. The van der Waals surface area contributed by atoms with E-state index in [0.29, 0.717) is 11.4 Å². The molecule has 2 aromatic rings. The summed E-state index contributed by atoms with van der Waals surface area (Å²) in [5.74, 6) is 2.56. The minimum absolute atomic E-state index is 0.0420. The van der Waals surface area contributed by atoms with Crippen LogP contribution in [0.2, 0.25) is 0 Å². The molecule has 0 amide bonds. The molecule has 22 heavy (non-hydrogen) atoms. The molecule has 0 saturated carbocycles. The highest BCUT2D eigenvalue weighted by atomic mass is 16.6. The van der Waals surface area contributed by atoms with Crippen molar-refractivity contribution in [3.63, 3.8) is 0 Å². The van der Waals surface area contributed by atoms with Crippen molar-refractivity contribution < 1.29 is 4.92 Å². The average molecular weight is 302 g/mol. The van der Waals surface area contributed by atoms with Crippen LogP contribution in [0.15, 0.2) is 12.3 Å². The molecule has 1 aliphatic rings. The van der Waals surface area contributed by atoms with Crippen LogP contribution in [-0.4, -0.2) is 30.7 Å². The number of aryl methyl sites for hydroxylation is 3. The molecular weight excluding hydrogens is 284 g/mol. The molecule has 3 heterocycles. The first-order chi connectivity index (χ1) is 10.6. The van der Waals surface area contributed by atoms with Gasteiger partial charge in [-0.3, -0.25) is 10.1 Å². The summed E-state index contributed by atoms with van der Waals surface area (Å²) in [5.41, 5.74) is 0.647. The van der Waals surface area contributed by atoms with Gasteiger partial charge in [0.2, 0.25) is 0 Å². The van der Waals surface area contributed by atoms with E-state index in [1.807, 2.05) is 11.6 Å². The Labute approximate surface area is 127 Å². The van der Waals surface area contributed by atoms with Gasteiger partial charge in [0.05, 0.1) is 11.5 Å². The van der Waals surface area contributed by atoms with Crippen LogP contribution in [0, 0.1) is 17.0 Å². The molecule has 0 radical (unpaired) electrons. The van der Waals surface area contributed by atoms with Crippen molar-refractivity contribution in [1.82, 2.24) is 19.7 Å². The van der Waals surface area contributed by atoms with E-state index in [1.54, 1.807) is 13.0 Å². The number of aromatic nitrogens is 4. The highest BCUT2D eigenvalue weighted by Gasteiger charge is 2.22. The molecule has 1 unspecified atom stereocenters. The van der Waals surface area contributed by atoms with Gasteiger partial charge in [0.1, 0.15) is 17.8 Å². The van der Waals surface area contributed by atoms with Crippen LogP contribution in [-0.2, 0) is 19.4 Å². The fraction of sp³-hybridized carbons (Fsp3) is 0.500. The normalized spacial score (nSPS) is 17.1. The Balaban J connectivity index is 1.72. The van der Waals surface area contributed by atoms with Crippen LogP contribution in [0.5, 0.6) is 0 Å². The molecule has 1 aliphatic heterocycles. The molecule has 0 aliphatic carbocycles. The third-order valence-electron chi connectivity index (χ3n) is 3.85. The number of pyridine rings is 1. The zero-order valence-corrected chi connectivity index (χ0v) is 12.6. The van der Waals surface area contributed by atoms with Gasteiger partial charge in [0.15, 0.2) is 5.82 Å². The van der Waals surface area contributed by atoms with Crippen LogP contribution < -0.4 is 5.32 Å². The Morgan fingerprint density at radius 3 is 3.05 bits per heavy atom. The first-order valence-corrected chi connectivity index (χ1v) is 7.37. The van der Waals surface area contributed by atoms with Crippen LogP contribution in [0.1, 0.15) is 30.6 Å². The Morgan fingerprint density at radius 1 is 1.55 bits per heavy atom. The first kappa shape index (κ1) is 14.4. The second-order valence-corrected chi connectivity index (χ2v) is 5.47. The summed E-state index contributed by atoms with van der Waals surface area (Å²) in [6, 6.07) is 1.92. The second kappa shape index (κ2) is 5.70. The SMILES string of the molecule is CCc1nc2n(n1)CC(Nc1cc(C)c([N+](=O)[O-])cn1)CC2. The van der Waals surface area contributed by atoms with Crippen LogP contribution in [0.25, 0.3) is 0 Å².